The summed E-state index contributed by atoms with van der Waals surface area (Å²) in [6.45, 7) is 1.48. The summed E-state index contributed by atoms with van der Waals surface area (Å²) < 4.78 is 40.7. The molecule has 0 fully saturated rings. The van der Waals surface area contributed by atoms with Crippen molar-refractivity contribution in [1.82, 2.24) is 9.55 Å². The smallest absolute Gasteiger partial charge is 0.324 e. The molecule has 3 rings (SSSR count). The molecule has 4 nitrogen and oxygen atoms in total. The quantitative estimate of drug-likeness (QED) is 0.767. The summed E-state index contributed by atoms with van der Waals surface area (Å²) in [5.41, 5.74) is 2.00. The van der Waals surface area contributed by atoms with Gasteiger partial charge in [-0.05, 0) is 30.2 Å². The molecular weight excluding hydrogens is 331 g/mol. The number of nitrogens with zero attached hydrogens (tertiary/aromatic N) is 2. The molecule has 0 atom stereocenters. The normalized spacial score (nSPS) is 11.7. The molecule has 0 saturated heterocycles. The van der Waals surface area contributed by atoms with Gasteiger partial charge in [-0.15, -0.1) is 0 Å². The number of benzene rings is 2. The van der Waals surface area contributed by atoms with E-state index in [2.05, 4.69) is 10.3 Å². The molecule has 130 valence electrons. The minimum absolute atomic E-state index is 0.205. The molecule has 0 unspecified atom stereocenters. The van der Waals surface area contributed by atoms with Gasteiger partial charge >= 0.3 is 6.18 Å². The van der Waals surface area contributed by atoms with Crippen molar-refractivity contribution >= 4 is 22.6 Å². The second-order valence-corrected chi connectivity index (χ2v) is 5.57. The third-order valence-electron chi connectivity index (χ3n) is 3.88. The average Bonchev–Trinajstić information content (AvgIpc) is 2.94. The van der Waals surface area contributed by atoms with Crippen LogP contribution in [0.5, 0.6) is 0 Å². The molecular formula is C18H16F3N3O. The van der Waals surface area contributed by atoms with E-state index < -0.39 is 24.5 Å². The Morgan fingerprint density at radius 1 is 1.12 bits per heavy atom. The van der Waals surface area contributed by atoms with Crippen molar-refractivity contribution in [3.8, 4) is 0 Å². The number of para-hydroxylation sites is 3. The first kappa shape index (κ1) is 17.0. The largest absolute Gasteiger partial charge is 0.449 e. The van der Waals surface area contributed by atoms with Crippen molar-refractivity contribution in [1.29, 1.82) is 0 Å². The zero-order valence-corrected chi connectivity index (χ0v) is 13.5. The summed E-state index contributed by atoms with van der Waals surface area (Å²) in [5, 5.41) is 2.69. The van der Waals surface area contributed by atoms with E-state index in [1.807, 2.05) is 19.1 Å². The fourth-order valence-corrected chi connectivity index (χ4v) is 2.74. The number of rotatable bonds is 4. The molecule has 1 amide bonds. The number of aromatic nitrogens is 2. The number of aryl methyl sites for hydroxylation is 1. The summed E-state index contributed by atoms with van der Waals surface area (Å²) in [6.07, 6.45) is -3.93. The number of hydrogen-bond acceptors (Lipinski definition) is 2. The highest BCUT2D eigenvalue weighted by Crippen LogP contribution is 2.31. The molecule has 25 heavy (non-hydrogen) atoms. The molecule has 1 aromatic heterocycles. The Morgan fingerprint density at radius 3 is 2.52 bits per heavy atom. The molecule has 0 aliphatic carbocycles. The van der Waals surface area contributed by atoms with Gasteiger partial charge in [-0.3, -0.25) is 4.79 Å². The van der Waals surface area contributed by atoms with Gasteiger partial charge in [-0.1, -0.05) is 37.3 Å². The van der Waals surface area contributed by atoms with Crippen LogP contribution in [-0.4, -0.2) is 15.5 Å². The number of hydrogen-bond donors (Lipinski definition) is 1. The highest BCUT2D eigenvalue weighted by Gasteiger charge is 2.38. The number of anilines is 1. The Labute approximate surface area is 142 Å². The molecule has 0 saturated carbocycles. The topological polar surface area (TPSA) is 46.9 Å². The third-order valence-corrected chi connectivity index (χ3v) is 3.88. The molecule has 0 spiro atoms. The fraction of sp³-hybridized carbons (Fsp3) is 0.222. The van der Waals surface area contributed by atoms with E-state index in [1.165, 1.54) is 12.1 Å². The van der Waals surface area contributed by atoms with Gasteiger partial charge in [0.05, 0.1) is 11.0 Å². The summed E-state index contributed by atoms with van der Waals surface area (Å²) in [5.74, 6) is -1.61. The van der Waals surface area contributed by atoms with Crippen molar-refractivity contribution in [3.63, 3.8) is 0 Å². The highest BCUT2D eigenvalue weighted by molar-refractivity contribution is 5.92. The Morgan fingerprint density at radius 2 is 1.80 bits per heavy atom. The summed E-state index contributed by atoms with van der Waals surface area (Å²) in [7, 11) is 0. The molecule has 1 N–H and O–H groups in total. The van der Waals surface area contributed by atoms with Crippen LogP contribution in [0.4, 0.5) is 18.9 Å². The Balaban J connectivity index is 1.93. The summed E-state index contributed by atoms with van der Waals surface area (Å²) in [4.78, 5) is 16.0. The van der Waals surface area contributed by atoms with E-state index in [9.17, 15) is 18.0 Å². The minimum Gasteiger partial charge on any atom is -0.324 e. The predicted molar refractivity (Wildman–Crippen MR) is 89.2 cm³/mol. The van der Waals surface area contributed by atoms with Gasteiger partial charge in [-0.2, -0.15) is 13.2 Å². The van der Waals surface area contributed by atoms with Crippen molar-refractivity contribution in [3.05, 3.63) is 59.9 Å². The van der Waals surface area contributed by atoms with Crippen LogP contribution in [0.3, 0.4) is 0 Å². The lowest BCUT2D eigenvalue weighted by Crippen LogP contribution is -2.23. The van der Waals surface area contributed by atoms with Gasteiger partial charge in [-0.25, -0.2) is 4.98 Å². The second kappa shape index (κ2) is 6.58. The predicted octanol–water partition coefficient (Wildman–Crippen LogP) is 4.26. The Hall–Kier alpha value is -2.83. The molecule has 7 heteroatoms. The lowest BCUT2D eigenvalue weighted by molar-refractivity contribution is -0.147. The molecule has 1 heterocycles. The van der Waals surface area contributed by atoms with Crippen molar-refractivity contribution in [2.24, 2.45) is 0 Å². The zero-order valence-electron chi connectivity index (χ0n) is 13.5. The lowest BCUT2D eigenvalue weighted by Gasteiger charge is -2.13. The zero-order chi connectivity index (χ0) is 18.0. The molecule has 3 aromatic rings. The molecule has 0 radical (unpaired) electrons. The van der Waals surface area contributed by atoms with E-state index in [0.29, 0.717) is 12.1 Å². The maximum atomic E-state index is 13.3. The number of alkyl halides is 3. The summed E-state index contributed by atoms with van der Waals surface area (Å²) in [6, 6.07) is 13.4. The molecule has 0 bridgehead atoms. The second-order valence-electron chi connectivity index (χ2n) is 5.57. The Kier molecular flexibility index (Phi) is 4.48. The molecule has 0 aliphatic rings. The van der Waals surface area contributed by atoms with Crippen molar-refractivity contribution in [2.45, 2.75) is 26.1 Å². The maximum Gasteiger partial charge on any atom is 0.449 e. The number of carbonyl (C=O) groups excluding carboxylic acids is 1. The van der Waals surface area contributed by atoms with E-state index >= 15 is 0 Å². The number of nitrogens with one attached hydrogen (secondary N) is 1. The van der Waals surface area contributed by atoms with E-state index in [0.717, 1.165) is 10.1 Å². The van der Waals surface area contributed by atoms with Crippen LogP contribution in [0.2, 0.25) is 0 Å². The number of fused-ring (bicyclic) bond motifs is 1. The van der Waals surface area contributed by atoms with Crippen LogP contribution in [0.25, 0.3) is 11.0 Å². The van der Waals surface area contributed by atoms with Gasteiger partial charge in [0.25, 0.3) is 0 Å². The van der Waals surface area contributed by atoms with Gasteiger partial charge in [0.1, 0.15) is 6.54 Å². The first-order valence-corrected chi connectivity index (χ1v) is 7.80. The van der Waals surface area contributed by atoms with Crippen LogP contribution >= 0.6 is 0 Å². The molecule has 0 aliphatic heterocycles. The highest BCUT2D eigenvalue weighted by atomic mass is 19.4. The number of amides is 1. The van der Waals surface area contributed by atoms with Crippen LogP contribution < -0.4 is 5.32 Å². The summed E-state index contributed by atoms with van der Waals surface area (Å²) >= 11 is 0. The van der Waals surface area contributed by atoms with Crippen LogP contribution in [0.1, 0.15) is 18.3 Å². The van der Waals surface area contributed by atoms with Gasteiger partial charge < -0.3 is 9.88 Å². The monoisotopic (exact) mass is 347 g/mol. The third kappa shape index (κ3) is 3.50. The number of halogens is 3. The van der Waals surface area contributed by atoms with Crippen LogP contribution in [-0.2, 0) is 23.9 Å². The number of carbonyl (C=O) groups is 1. The van der Waals surface area contributed by atoms with Gasteiger partial charge in [0.15, 0.2) is 0 Å². The van der Waals surface area contributed by atoms with Crippen LogP contribution in [0, 0.1) is 0 Å². The SMILES string of the molecule is CCc1ccccc1NC(=O)Cn1c(C(F)(F)F)nc2ccccc21. The maximum absolute atomic E-state index is 13.3. The van der Waals surface area contributed by atoms with Crippen molar-refractivity contribution in [2.75, 3.05) is 5.32 Å². The van der Waals surface area contributed by atoms with Gasteiger partial charge in [0, 0.05) is 5.69 Å². The van der Waals surface area contributed by atoms with E-state index in [1.54, 1.807) is 24.3 Å². The van der Waals surface area contributed by atoms with E-state index in [4.69, 9.17) is 0 Å². The first-order valence-electron chi connectivity index (χ1n) is 7.80. The number of imidazole rings is 1. The average molecular weight is 347 g/mol. The van der Waals surface area contributed by atoms with Gasteiger partial charge in [0.2, 0.25) is 11.7 Å². The van der Waals surface area contributed by atoms with E-state index in [-0.39, 0.29) is 11.0 Å². The fourth-order valence-electron chi connectivity index (χ4n) is 2.74. The Bertz CT molecular complexity index is 915. The standard InChI is InChI=1S/C18H16F3N3O/c1-2-12-7-3-4-8-13(12)22-16(25)11-24-15-10-6-5-9-14(15)23-17(24)18(19,20)21/h3-10H,2,11H2,1H3,(H,22,25). The lowest BCUT2D eigenvalue weighted by atomic mass is 10.1. The first-order chi connectivity index (χ1) is 11.9. The van der Waals surface area contributed by atoms with Crippen LogP contribution in [0.15, 0.2) is 48.5 Å². The van der Waals surface area contributed by atoms with Crippen molar-refractivity contribution < 1.29 is 18.0 Å². The molecule has 2 aromatic carbocycles. The minimum atomic E-state index is -4.64.